The monoisotopic (exact) mass is 697 g/mol. The van der Waals surface area contributed by atoms with Crippen molar-refractivity contribution >= 4 is 45.4 Å². The summed E-state index contributed by atoms with van der Waals surface area (Å²) in [5.74, 6) is 0.800. The first kappa shape index (κ1) is 33.9. The minimum absolute atomic E-state index is 0.0213. The molecule has 0 saturated carbocycles. The summed E-state index contributed by atoms with van der Waals surface area (Å²) in [7, 11) is 0. The highest BCUT2D eigenvalue weighted by Crippen LogP contribution is 2.37. The fourth-order valence-electron chi connectivity index (χ4n) is 7.81. The van der Waals surface area contributed by atoms with Crippen molar-refractivity contribution in [2.24, 2.45) is 4.99 Å². The van der Waals surface area contributed by atoms with E-state index in [0.717, 1.165) is 88.0 Å². The van der Waals surface area contributed by atoms with Gasteiger partial charge in [0.05, 0.1) is 28.8 Å². The number of aromatic amines is 1. The number of H-pyrrole nitrogens is 1. The van der Waals surface area contributed by atoms with Gasteiger partial charge >= 0.3 is 12.2 Å². The van der Waals surface area contributed by atoms with Crippen LogP contribution in [-0.4, -0.2) is 68.0 Å². The summed E-state index contributed by atoms with van der Waals surface area (Å²) in [6.45, 7) is 12.8. The molecular formula is C43H47N5O4. The Bertz CT molecular complexity index is 2240. The van der Waals surface area contributed by atoms with E-state index in [0.29, 0.717) is 13.1 Å². The lowest BCUT2D eigenvalue weighted by molar-refractivity contribution is 0.0216. The fourth-order valence-corrected chi connectivity index (χ4v) is 7.81. The average molecular weight is 698 g/mol. The maximum absolute atomic E-state index is 13.0. The Hall–Kier alpha value is -5.18. The number of carbonyl (C=O) groups excluding carboxylic acids is 2. The van der Waals surface area contributed by atoms with E-state index in [-0.39, 0.29) is 24.3 Å². The van der Waals surface area contributed by atoms with E-state index in [1.54, 1.807) is 4.90 Å². The van der Waals surface area contributed by atoms with Gasteiger partial charge in [0, 0.05) is 25.2 Å². The fraction of sp³-hybridized carbons (Fsp3) is 0.395. The third-order valence-electron chi connectivity index (χ3n) is 10.2. The highest BCUT2D eigenvalue weighted by molar-refractivity contribution is 6.00. The predicted octanol–water partition coefficient (Wildman–Crippen LogP) is 10.2. The van der Waals surface area contributed by atoms with Crippen molar-refractivity contribution in [3.05, 3.63) is 84.2 Å². The smallest absolute Gasteiger partial charge is 0.410 e. The lowest BCUT2D eigenvalue weighted by Crippen LogP contribution is -2.43. The largest absolute Gasteiger partial charge is 0.444 e. The number of hydrogen-bond donors (Lipinski definition) is 1. The third-order valence-corrected chi connectivity index (χ3v) is 10.2. The highest BCUT2D eigenvalue weighted by Gasteiger charge is 2.37. The quantitative estimate of drug-likeness (QED) is 0.202. The highest BCUT2D eigenvalue weighted by atomic mass is 16.6. The zero-order valence-electron chi connectivity index (χ0n) is 31.0. The van der Waals surface area contributed by atoms with Gasteiger partial charge in [0.15, 0.2) is 0 Å². The number of rotatable bonds is 4. The molecule has 0 radical (unpaired) electrons. The van der Waals surface area contributed by atoms with Crippen molar-refractivity contribution in [1.82, 2.24) is 19.8 Å². The molecule has 4 aromatic carbocycles. The third kappa shape index (κ3) is 6.76. The predicted molar refractivity (Wildman–Crippen MR) is 206 cm³/mol. The van der Waals surface area contributed by atoms with Gasteiger partial charge in [-0.25, -0.2) is 14.6 Å². The Labute approximate surface area is 305 Å². The van der Waals surface area contributed by atoms with Crippen LogP contribution in [0.5, 0.6) is 0 Å². The molecule has 2 fully saturated rings. The minimum atomic E-state index is -0.544. The molecule has 3 aliphatic rings. The van der Waals surface area contributed by atoms with Gasteiger partial charge in [-0.05, 0) is 142 Å². The number of aromatic nitrogens is 2. The molecule has 52 heavy (non-hydrogen) atoms. The Balaban J connectivity index is 1.01. The second kappa shape index (κ2) is 12.8. The molecule has 4 heterocycles. The molecule has 2 saturated heterocycles. The minimum Gasteiger partial charge on any atom is -0.444 e. The normalized spacial score (nSPS) is 19.0. The van der Waals surface area contributed by atoms with Crippen LogP contribution in [0.25, 0.3) is 44.1 Å². The number of amides is 2. The van der Waals surface area contributed by atoms with Crippen LogP contribution >= 0.6 is 0 Å². The van der Waals surface area contributed by atoms with Crippen molar-refractivity contribution in [2.75, 3.05) is 13.1 Å². The van der Waals surface area contributed by atoms with Crippen LogP contribution in [0.1, 0.15) is 84.7 Å². The zero-order chi connectivity index (χ0) is 36.4. The first-order chi connectivity index (χ1) is 24.8. The van der Waals surface area contributed by atoms with Crippen LogP contribution in [0.3, 0.4) is 0 Å². The zero-order valence-corrected chi connectivity index (χ0v) is 31.0. The van der Waals surface area contributed by atoms with Crippen LogP contribution in [0.15, 0.2) is 77.8 Å². The molecule has 1 aromatic heterocycles. The number of ether oxygens (including phenoxy) is 2. The Morgan fingerprint density at radius 2 is 1.25 bits per heavy atom. The molecule has 0 aliphatic carbocycles. The van der Waals surface area contributed by atoms with Crippen LogP contribution in [0, 0.1) is 0 Å². The lowest BCUT2D eigenvalue weighted by atomic mass is 9.95. The lowest BCUT2D eigenvalue weighted by Gasteiger charge is -2.28. The molecule has 5 aromatic rings. The van der Waals surface area contributed by atoms with Gasteiger partial charge in [0.2, 0.25) is 0 Å². The SMILES string of the molecule is CC(C)(C)OC(=O)N1CCC[C@H]1C1=Nc2ccc(-c3ccc4ccc(-c5ccc6nc([C@@H]7CCCN7C(=O)OC(C)(C)C)[nH]c6c5)cc4c3)cc2C1. The van der Waals surface area contributed by atoms with Gasteiger partial charge in [-0.1, -0.05) is 36.4 Å². The molecular weight excluding hydrogens is 651 g/mol. The molecule has 1 N–H and O–H groups in total. The maximum Gasteiger partial charge on any atom is 0.410 e. The van der Waals surface area contributed by atoms with Crippen LogP contribution in [0.2, 0.25) is 0 Å². The van der Waals surface area contributed by atoms with E-state index in [2.05, 4.69) is 77.8 Å². The number of nitrogens with one attached hydrogen (secondary N) is 1. The average Bonchev–Trinajstić information content (AvgIpc) is 3.90. The van der Waals surface area contributed by atoms with E-state index in [4.69, 9.17) is 19.5 Å². The first-order valence-corrected chi connectivity index (χ1v) is 18.5. The number of benzene rings is 4. The summed E-state index contributed by atoms with van der Waals surface area (Å²) < 4.78 is 11.4. The molecule has 0 spiro atoms. The summed E-state index contributed by atoms with van der Waals surface area (Å²) in [6.07, 6.45) is 3.83. The van der Waals surface area contributed by atoms with Crippen LogP contribution in [0.4, 0.5) is 15.3 Å². The van der Waals surface area contributed by atoms with Gasteiger partial charge in [0.25, 0.3) is 0 Å². The molecule has 268 valence electrons. The molecule has 9 nitrogen and oxygen atoms in total. The number of aliphatic imine (C=N–C) groups is 1. The Morgan fingerprint density at radius 3 is 1.90 bits per heavy atom. The van der Waals surface area contributed by atoms with E-state index in [9.17, 15) is 9.59 Å². The standard InChI is InChI=1S/C43H47N5O4/c1-42(2,3)51-40(49)47-19-7-9-37(47)36-25-32-23-29(15-17-33(32)44-36)27-13-11-26-12-14-28(22-31(26)21-27)30-16-18-34-35(24-30)46-39(45-34)38-10-8-20-48(38)41(50)52-43(4,5)6/h11-18,21-24,37-38H,7-10,19-20,25H2,1-6H3,(H,45,46)/t37-,38-/m0/s1. The van der Waals surface area contributed by atoms with E-state index < -0.39 is 11.2 Å². The summed E-state index contributed by atoms with van der Waals surface area (Å²) in [4.78, 5) is 43.0. The number of nitrogens with zero attached hydrogens (tertiary/aromatic N) is 4. The van der Waals surface area contributed by atoms with Gasteiger partial charge < -0.3 is 14.5 Å². The number of fused-ring (bicyclic) bond motifs is 3. The number of carbonyl (C=O) groups is 2. The number of imidazole rings is 1. The Morgan fingerprint density at radius 1 is 0.692 bits per heavy atom. The van der Waals surface area contributed by atoms with E-state index >= 15 is 0 Å². The van der Waals surface area contributed by atoms with E-state index in [1.165, 1.54) is 10.9 Å². The molecule has 0 unspecified atom stereocenters. The van der Waals surface area contributed by atoms with Crippen molar-refractivity contribution in [1.29, 1.82) is 0 Å². The number of likely N-dealkylation sites (tertiary alicyclic amines) is 2. The Kier molecular flexibility index (Phi) is 8.35. The van der Waals surface area contributed by atoms with Gasteiger partial charge in [0.1, 0.15) is 17.0 Å². The van der Waals surface area contributed by atoms with Gasteiger partial charge in [-0.3, -0.25) is 14.8 Å². The maximum atomic E-state index is 13.0. The van der Waals surface area contributed by atoms with Crippen molar-refractivity contribution < 1.29 is 19.1 Å². The molecule has 9 heteroatoms. The molecule has 2 amide bonds. The van der Waals surface area contributed by atoms with Gasteiger partial charge in [-0.15, -0.1) is 0 Å². The molecule has 3 aliphatic heterocycles. The second-order valence-electron chi connectivity index (χ2n) is 16.4. The molecule has 8 rings (SSSR count). The van der Waals surface area contributed by atoms with Crippen LogP contribution in [-0.2, 0) is 15.9 Å². The van der Waals surface area contributed by atoms with Crippen molar-refractivity contribution in [2.45, 2.75) is 96.9 Å². The van der Waals surface area contributed by atoms with Gasteiger partial charge in [-0.2, -0.15) is 0 Å². The topological polar surface area (TPSA) is 100 Å². The summed E-state index contributed by atoms with van der Waals surface area (Å²) >= 11 is 0. The van der Waals surface area contributed by atoms with E-state index in [1.807, 2.05) is 46.4 Å². The summed E-state index contributed by atoms with van der Waals surface area (Å²) in [5.41, 5.74) is 8.50. The van der Waals surface area contributed by atoms with Crippen LogP contribution < -0.4 is 0 Å². The van der Waals surface area contributed by atoms with Crippen molar-refractivity contribution in [3.63, 3.8) is 0 Å². The first-order valence-electron chi connectivity index (χ1n) is 18.5. The summed E-state index contributed by atoms with van der Waals surface area (Å²) in [6, 6.07) is 25.9. The number of hydrogen-bond acceptors (Lipinski definition) is 6. The molecule has 0 bridgehead atoms. The summed E-state index contributed by atoms with van der Waals surface area (Å²) in [5, 5.41) is 2.34. The second-order valence-corrected chi connectivity index (χ2v) is 16.4. The van der Waals surface area contributed by atoms with Crippen molar-refractivity contribution in [3.8, 4) is 22.3 Å². The molecule has 2 atom stereocenters.